The van der Waals surface area contributed by atoms with Crippen molar-refractivity contribution >= 4 is 21.6 Å². The van der Waals surface area contributed by atoms with Crippen molar-refractivity contribution in [2.75, 3.05) is 18.7 Å². The lowest BCUT2D eigenvalue weighted by atomic mass is 10.1. The Morgan fingerprint density at radius 3 is 2.81 bits per heavy atom. The molecule has 0 amide bonds. The summed E-state index contributed by atoms with van der Waals surface area (Å²) in [4.78, 5) is 0. The first-order valence-electron chi connectivity index (χ1n) is 6.40. The molecule has 6 heteroatoms. The highest BCUT2D eigenvalue weighted by Crippen LogP contribution is 2.34. The topological polar surface area (TPSA) is 50.7 Å². The maximum Gasteiger partial charge on any atom is 0.231 e. The zero-order valence-corrected chi connectivity index (χ0v) is 12.6. The van der Waals surface area contributed by atoms with Crippen LogP contribution in [-0.4, -0.2) is 18.4 Å². The molecule has 0 aliphatic carbocycles. The van der Waals surface area contributed by atoms with Crippen LogP contribution in [0.4, 0.5) is 10.1 Å². The largest absolute Gasteiger partial charge is 0.454 e. The van der Waals surface area contributed by atoms with Crippen molar-refractivity contribution in [2.24, 2.45) is 0 Å². The molecule has 1 aliphatic heterocycles. The van der Waals surface area contributed by atoms with E-state index in [2.05, 4.69) is 21.2 Å². The van der Waals surface area contributed by atoms with Crippen molar-refractivity contribution in [3.05, 3.63) is 52.3 Å². The lowest BCUT2D eigenvalue weighted by molar-refractivity contribution is 0.173. The van der Waals surface area contributed by atoms with Gasteiger partial charge in [0.25, 0.3) is 0 Å². The Hall–Kier alpha value is -1.79. The van der Waals surface area contributed by atoms with Gasteiger partial charge in [-0.1, -0.05) is 22.0 Å². The van der Waals surface area contributed by atoms with Crippen molar-refractivity contribution in [2.45, 2.75) is 6.10 Å². The third-order valence-electron chi connectivity index (χ3n) is 3.20. The predicted octanol–water partition coefficient (Wildman–Crippen LogP) is 3.46. The van der Waals surface area contributed by atoms with Crippen molar-refractivity contribution in [3.63, 3.8) is 0 Å². The Morgan fingerprint density at radius 1 is 1.19 bits per heavy atom. The summed E-state index contributed by atoms with van der Waals surface area (Å²) < 4.78 is 24.8. The lowest BCUT2D eigenvalue weighted by Crippen LogP contribution is -2.13. The fourth-order valence-corrected chi connectivity index (χ4v) is 2.41. The van der Waals surface area contributed by atoms with Crippen LogP contribution in [0.25, 0.3) is 0 Å². The first kappa shape index (κ1) is 14.2. The lowest BCUT2D eigenvalue weighted by Gasteiger charge is -2.14. The van der Waals surface area contributed by atoms with E-state index in [1.165, 1.54) is 6.07 Å². The SMILES string of the molecule is OC(CNc1ccc(Br)cc1F)c1ccc2c(c1)OCO2. The van der Waals surface area contributed by atoms with E-state index in [9.17, 15) is 9.50 Å². The Balaban J connectivity index is 1.67. The number of anilines is 1. The molecule has 3 rings (SSSR count). The summed E-state index contributed by atoms with van der Waals surface area (Å²) in [5, 5.41) is 13.1. The summed E-state index contributed by atoms with van der Waals surface area (Å²) in [6.07, 6.45) is -0.775. The molecule has 1 atom stereocenters. The molecule has 2 N–H and O–H groups in total. The third kappa shape index (κ3) is 3.11. The minimum atomic E-state index is -0.775. The van der Waals surface area contributed by atoms with Gasteiger partial charge in [-0.3, -0.25) is 0 Å². The predicted molar refractivity (Wildman–Crippen MR) is 80.1 cm³/mol. The van der Waals surface area contributed by atoms with E-state index in [1.54, 1.807) is 30.3 Å². The fourth-order valence-electron chi connectivity index (χ4n) is 2.08. The number of ether oxygens (including phenoxy) is 2. The number of aliphatic hydroxyl groups is 1. The molecule has 2 aromatic rings. The van der Waals surface area contributed by atoms with Crippen molar-refractivity contribution in [1.82, 2.24) is 0 Å². The van der Waals surface area contributed by atoms with E-state index in [-0.39, 0.29) is 19.2 Å². The van der Waals surface area contributed by atoms with Gasteiger partial charge in [-0.2, -0.15) is 0 Å². The molecular formula is C15H13BrFNO3. The number of halogens is 2. The van der Waals surface area contributed by atoms with Crippen molar-refractivity contribution < 1.29 is 19.0 Å². The number of hydrogen-bond acceptors (Lipinski definition) is 4. The second-order valence-corrected chi connectivity index (χ2v) is 5.55. The van der Waals surface area contributed by atoms with Crippen LogP contribution in [-0.2, 0) is 0 Å². The van der Waals surface area contributed by atoms with Crippen LogP contribution in [0.15, 0.2) is 40.9 Å². The van der Waals surface area contributed by atoms with E-state index in [0.29, 0.717) is 27.2 Å². The van der Waals surface area contributed by atoms with Crippen LogP contribution >= 0.6 is 15.9 Å². The summed E-state index contributed by atoms with van der Waals surface area (Å²) in [5.74, 6) is 0.904. The van der Waals surface area contributed by atoms with E-state index in [0.717, 1.165) is 0 Å². The molecule has 0 radical (unpaired) electrons. The van der Waals surface area contributed by atoms with Gasteiger partial charge in [0, 0.05) is 11.0 Å². The van der Waals surface area contributed by atoms with Crippen LogP contribution in [0.1, 0.15) is 11.7 Å². The molecule has 2 aromatic carbocycles. The van der Waals surface area contributed by atoms with Crippen molar-refractivity contribution in [1.29, 1.82) is 0 Å². The van der Waals surface area contributed by atoms with Crippen LogP contribution in [0.3, 0.4) is 0 Å². The van der Waals surface area contributed by atoms with Gasteiger partial charge in [0.2, 0.25) is 6.79 Å². The zero-order valence-electron chi connectivity index (χ0n) is 11.0. The van der Waals surface area contributed by atoms with Crippen LogP contribution < -0.4 is 14.8 Å². The average Bonchev–Trinajstić information content (AvgIpc) is 2.93. The highest BCUT2D eigenvalue weighted by atomic mass is 79.9. The smallest absolute Gasteiger partial charge is 0.231 e. The van der Waals surface area contributed by atoms with Gasteiger partial charge in [-0.15, -0.1) is 0 Å². The minimum absolute atomic E-state index is 0.192. The fraction of sp³-hybridized carbons (Fsp3) is 0.200. The third-order valence-corrected chi connectivity index (χ3v) is 3.69. The molecule has 1 aliphatic rings. The first-order chi connectivity index (χ1) is 10.1. The highest BCUT2D eigenvalue weighted by molar-refractivity contribution is 9.10. The number of fused-ring (bicyclic) bond motifs is 1. The molecule has 1 heterocycles. The van der Waals surface area contributed by atoms with Gasteiger partial charge < -0.3 is 19.9 Å². The number of hydrogen-bond donors (Lipinski definition) is 2. The summed E-state index contributed by atoms with van der Waals surface area (Å²) in [6.45, 7) is 0.384. The Bertz CT molecular complexity index is 665. The number of nitrogens with one attached hydrogen (secondary N) is 1. The summed E-state index contributed by atoms with van der Waals surface area (Å²) in [6, 6.07) is 9.96. The molecule has 0 saturated carbocycles. The number of rotatable bonds is 4. The molecule has 0 spiro atoms. The number of benzene rings is 2. The molecule has 1 unspecified atom stereocenters. The molecule has 4 nitrogen and oxygen atoms in total. The Kier molecular flexibility index (Phi) is 3.98. The van der Waals surface area contributed by atoms with Crippen molar-refractivity contribution in [3.8, 4) is 11.5 Å². The van der Waals surface area contributed by atoms with E-state index in [4.69, 9.17) is 9.47 Å². The summed E-state index contributed by atoms with van der Waals surface area (Å²) >= 11 is 3.20. The first-order valence-corrected chi connectivity index (χ1v) is 7.19. The standard InChI is InChI=1S/C15H13BrFNO3/c16-10-2-3-12(11(17)6-10)18-7-13(19)9-1-4-14-15(5-9)21-8-20-14/h1-6,13,18-19H,7-8H2. The molecule has 21 heavy (non-hydrogen) atoms. The minimum Gasteiger partial charge on any atom is -0.454 e. The van der Waals surface area contributed by atoms with E-state index in [1.807, 2.05) is 0 Å². The van der Waals surface area contributed by atoms with Gasteiger partial charge in [-0.25, -0.2) is 4.39 Å². The molecule has 110 valence electrons. The molecular weight excluding hydrogens is 341 g/mol. The van der Waals surface area contributed by atoms with Gasteiger partial charge in [0.15, 0.2) is 11.5 Å². The highest BCUT2D eigenvalue weighted by Gasteiger charge is 2.16. The van der Waals surface area contributed by atoms with Gasteiger partial charge in [0.1, 0.15) is 5.82 Å². The van der Waals surface area contributed by atoms with Gasteiger partial charge >= 0.3 is 0 Å². The van der Waals surface area contributed by atoms with Gasteiger partial charge in [-0.05, 0) is 35.9 Å². The van der Waals surface area contributed by atoms with Crippen LogP contribution in [0, 0.1) is 5.82 Å². The van der Waals surface area contributed by atoms with Crippen LogP contribution in [0.2, 0.25) is 0 Å². The maximum atomic E-state index is 13.7. The maximum absolute atomic E-state index is 13.7. The van der Waals surface area contributed by atoms with Gasteiger partial charge in [0.05, 0.1) is 11.8 Å². The quantitative estimate of drug-likeness (QED) is 0.883. The Labute approximate surface area is 129 Å². The zero-order chi connectivity index (χ0) is 14.8. The molecule has 0 saturated heterocycles. The summed E-state index contributed by atoms with van der Waals surface area (Å²) in [5.41, 5.74) is 1.03. The monoisotopic (exact) mass is 353 g/mol. The molecule has 0 aromatic heterocycles. The average molecular weight is 354 g/mol. The van der Waals surface area contributed by atoms with Crippen LogP contribution in [0.5, 0.6) is 11.5 Å². The summed E-state index contributed by atoms with van der Waals surface area (Å²) in [7, 11) is 0. The second-order valence-electron chi connectivity index (χ2n) is 4.63. The molecule has 0 fully saturated rings. The van der Waals surface area contributed by atoms with E-state index < -0.39 is 6.10 Å². The Morgan fingerprint density at radius 2 is 2.00 bits per heavy atom. The second kappa shape index (κ2) is 5.91. The number of aliphatic hydroxyl groups excluding tert-OH is 1. The molecule has 0 bridgehead atoms. The normalized spacial score (nSPS) is 14.0. The van der Waals surface area contributed by atoms with E-state index >= 15 is 0 Å².